The van der Waals surface area contributed by atoms with Crippen molar-refractivity contribution in [3.05, 3.63) is 46.1 Å². The topological polar surface area (TPSA) is 51.2 Å². The number of nitrogens with zero attached hydrogens (tertiary/aromatic N) is 1. The number of ether oxygens (including phenoxy) is 1. The maximum absolute atomic E-state index is 11.7. The van der Waals surface area contributed by atoms with Gasteiger partial charge in [0.2, 0.25) is 0 Å². The summed E-state index contributed by atoms with van der Waals surface area (Å²) in [5, 5.41) is 4.70. The van der Waals surface area contributed by atoms with Crippen LogP contribution in [0.4, 0.5) is 5.00 Å². The highest BCUT2D eigenvalue weighted by molar-refractivity contribution is 7.14. The van der Waals surface area contributed by atoms with Crippen LogP contribution in [0.15, 0.2) is 29.8 Å². The van der Waals surface area contributed by atoms with Crippen LogP contribution in [0.25, 0.3) is 0 Å². The van der Waals surface area contributed by atoms with Gasteiger partial charge in [0.05, 0.1) is 12.1 Å². The van der Waals surface area contributed by atoms with Crippen molar-refractivity contribution in [3.8, 4) is 0 Å². The Labute approximate surface area is 126 Å². The third kappa shape index (κ3) is 3.95. The Balaban J connectivity index is 1.90. The van der Waals surface area contributed by atoms with E-state index >= 15 is 0 Å². The number of rotatable bonds is 6. The molecule has 0 saturated carbocycles. The van der Waals surface area contributed by atoms with E-state index in [9.17, 15) is 4.79 Å². The van der Waals surface area contributed by atoms with Crippen molar-refractivity contribution < 1.29 is 9.53 Å². The Morgan fingerprint density at radius 1 is 1.40 bits per heavy atom. The van der Waals surface area contributed by atoms with Gasteiger partial charge in [-0.15, -0.1) is 11.3 Å². The fraction of sp³-hybridized carbons (Fsp3) is 0.286. The molecular formula is C14H15ClN2O2S. The number of halogens is 1. The smallest absolute Gasteiger partial charge is 0.360 e. The van der Waals surface area contributed by atoms with E-state index in [1.807, 2.05) is 24.3 Å². The fourth-order valence-electron chi connectivity index (χ4n) is 1.69. The zero-order chi connectivity index (χ0) is 14.4. The zero-order valence-electron chi connectivity index (χ0n) is 11.1. The molecule has 6 heteroatoms. The number of nitrogens with one attached hydrogen (secondary N) is 1. The van der Waals surface area contributed by atoms with Crippen LogP contribution in [-0.4, -0.2) is 24.1 Å². The number of carbonyl (C=O) groups excluding carboxylic acids is 1. The maximum Gasteiger partial charge on any atom is 0.360 e. The van der Waals surface area contributed by atoms with E-state index in [4.69, 9.17) is 16.3 Å². The van der Waals surface area contributed by atoms with Gasteiger partial charge in [0.15, 0.2) is 5.69 Å². The molecule has 20 heavy (non-hydrogen) atoms. The summed E-state index contributed by atoms with van der Waals surface area (Å²) in [5.74, 6) is -0.386. The monoisotopic (exact) mass is 310 g/mol. The van der Waals surface area contributed by atoms with E-state index in [2.05, 4.69) is 10.3 Å². The van der Waals surface area contributed by atoms with Crippen LogP contribution in [0.1, 0.15) is 23.0 Å². The van der Waals surface area contributed by atoms with Gasteiger partial charge in [0.1, 0.15) is 5.00 Å². The summed E-state index contributed by atoms with van der Waals surface area (Å²) in [6.07, 6.45) is 0.845. The Hall–Kier alpha value is -1.59. The Morgan fingerprint density at radius 3 is 2.85 bits per heavy atom. The lowest BCUT2D eigenvalue weighted by Crippen LogP contribution is -2.10. The molecule has 0 radical (unpaired) electrons. The number of esters is 1. The summed E-state index contributed by atoms with van der Waals surface area (Å²) in [6.45, 7) is 2.84. The molecule has 0 fully saturated rings. The summed E-state index contributed by atoms with van der Waals surface area (Å²) in [6, 6.07) is 7.72. The predicted molar refractivity (Wildman–Crippen MR) is 81.7 cm³/mol. The van der Waals surface area contributed by atoms with Gasteiger partial charge in [-0.1, -0.05) is 23.7 Å². The molecule has 0 aliphatic carbocycles. The van der Waals surface area contributed by atoms with Crippen LogP contribution in [0.5, 0.6) is 0 Å². The summed E-state index contributed by atoms with van der Waals surface area (Å²) in [4.78, 5) is 15.7. The standard InChI is InChI=1S/C14H15ClN2O2S/c1-2-19-14(18)12-13(20-9-17-12)16-8-7-10-3-5-11(15)6-4-10/h3-6,9,16H,2,7-8H2,1H3. The minimum absolute atomic E-state index is 0.348. The highest BCUT2D eigenvalue weighted by atomic mass is 35.5. The molecule has 2 rings (SSSR count). The van der Waals surface area contributed by atoms with Crippen molar-refractivity contribution in [2.24, 2.45) is 0 Å². The van der Waals surface area contributed by atoms with Gasteiger partial charge in [-0.05, 0) is 31.0 Å². The average molecular weight is 311 g/mol. The Morgan fingerprint density at radius 2 is 2.15 bits per heavy atom. The van der Waals surface area contributed by atoms with Crippen molar-refractivity contribution in [2.75, 3.05) is 18.5 Å². The summed E-state index contributed by atoms with van der Waals surface area (Å²) < 4.78 is 4.96. The molecule has 0 bridgehead atoms. The molecule has 106 valence electrons. The van der Waals surface area contributed by atoms with E-state index in [1.54, 1.807) is 12.4 Å². The van der Waals surface area contributed by atoms with Gasteiger partial charge in [-0.25, -0.2) is 9.78 Å². The lowest BCUT2D eigenvalue weighted by atomic mass is 10.1. The van der Waals surface area contributed by atoms with Gasteiger partial charge in [-0.3, -0.25) is 0 Å². The largest absolute Gasteiger partial charge is 0.461 e. The first-order chi connectivity index (χ1) is 9.70. The second-order valence-electron chi connectivity index (χ2n) is 4.05. The van der Waals surface area contributed by atoms with Crippen molar-refractivity contribution in [2.45, 2.75) is 13.3 Å². The molecule has 1 aromatic carbocycles. The normalized spacial score (nSPS) is 10.3. The highest BCUT2D eigenvalue weighted by Gasteiger charge is 2.15. The number of thiazole rings is 1. The first-order valence-electron chi connectivity index (χ1n) is 6.29. The first kappa shape index (κ1) is 14.8. The number of hydrogen-bond acceptors (Lipinski definition) is 5. The highest BCUT2D eigenvalue weighted by Crippen LogP contribution is 2.21. The molecule has 0 saturated heterocycles. The van der Waals surface area contributed by atoms with E-state index in [1.165, 1.54) is 16.9 Å². The molecule has 1 aromatic heterocycles. The van der Waals surface area contributed by atoms with Crippen LogP contribution < -0.4 is 5.32 Å². The molecule has 0 spiro atoms. The molecule has 1 N–H and O–H groups in total. The van der Waals surface area contributed by atoms with Gasteiger partial charge >= 0.3 is 5.97 Å². The van der Waals surface area contributed by atoms with Gasteiger partial charge in [0, 0.05) is 11.6 Å². The van der Waals surface area contributed by atoms with Crippen molar-refractivity contribution in [1.82, 2.24) is 4.98 Å². The Bertz CT molecular complexity index is 569. The molecule has 0 aliphatic heterocycles. The van der Waals surface area contributed by atoms with Crippen LogP contribution in [0.3, 0.4) is 0 Å². The molecule has 0 unspecified atom stereocenters. The molecule has 0 amide bonds. The average Bonchev–Trinajstić information content (AvgIpc) is 2.90. The van der Waals surface area contributed by atoms with Gasteiger partial charge in [0.25, 0.3) is 0 Å². The lowest BCUT2D eigenvalue weighted by molar-refractivity contribution is 0.0521. The minimum Gasteiger partial charge on any atom is -0.461 e. The molecule has 0 aliphatic rings. The number of aromatic nitrogens is 1. The van der Waals surface area contributed by atoms with Crippen molar-refractivity contribution >= 4 is 33.9 Å². The summed E-state index contributed by atoms with van der Waals surface area (Å²) in [5.41, 5.74) is 3.17. The second-order valence-corrected chi connectivity index (χ2v) is 5.35. The number of carbonyl (C=O) groups is 1. The summed E-state index contributed by atoms with van der Waals surface area (Å²) >= 11 is 7.24. The van der Waals surface area contributed by atoms with E-state index in [0.29, 0.717) is 12.3 Å². The summed E-state index contributed by atoms with van der Waals surface area (Å²) in [7, 11) is 0. The van der Waals surface area contributed by atoms with E-state index in [0.717, 1.165) is 23.0 Å². The van der Waals surface area contributed by atoms with Crippen LogP contribution in [-0.2, 0) is 11.2 Å². The van der Waals surface area contributed by atoms with Gasteiger partial charge in [-0.2, -0.15) is 0 Å². The molecular weight excluding hydrogens is 296 g/mol. The number of hydrogen-bond donors (Lipinski definition) is 1. The number of benzene rings is 1. The van der Waals surface area contributed by atoms with E-state index < -0.39 is 0 Å². The van der Waals surface area contributed by atoms with E-state index in [-0.39, 0.29) is 5.97 Å². The maximum atomic E-state index is 11.7. The third-order valence-electron chi connectivity index (χ3n) is 2.65. The van der Waals surface area contributed by atoms with Crippen molar-refractivity contribution in [3.63, 3.8) is 0 Å². The van der Waals surface area contributed by atoms with Crippen LogP contribution in [0.2, 0.25) is 5.02 Å². The minimum atomic E-state index is -0.386. The predicted octanol–water partition coefficient (Wildman–Crippen LogP) is 3.63. The third-order valence-corrected chi connectivity index (χ3v) is 3.68. The van der Waals surface area contributed by atoms with Crippen molar-refractivity contribution in [1.29, 1.82) is 0 Å². The lowest BCUT2D eigenvalue weighted by Gasteiger charge is -2.06. The van der Waals surface area contributed by atoms with Crippen LogP contribution >= 0.6 is 22.9 Å². The SMILES string of the molecule is CCOC(=O)c1ncsc1NCCc1ccc(Cl)cc1. The second kappa shape index (κ2) is 7.26. The molecule has 1 heterocycles. The van der Waals surface area contributed by atoms with Crippen LogP contribution in [0, 0.1) is 0 Å². The number of anilines is 1. The Kier molecular flexibility index (Phi) is 5.38. The zero-order valence-corrected chi connectivity index (χ0v) is 12.6. The first-order valence-corrected chi connectivity index (χ1v) is 7.55. The molecule has 0 atom stereocenters. The molecule has 2 aromatic rings. The quantitative estimate of drug-likeness (QED) is 0.828. The molecule has 4 nitrogen and oxygen atoms in total. The van der Waals surface area contributed by atoms with Gasteiger partial charge < -0.3 is 10.1 Å². The fourth-order valence-corrected chi connectivity index (χ4v) is 2.51.